The molecule has 7 heteroatoms. The summed E-state index contributed by atoms with van der Waals surface area (Å²) >= 11 is 0. The molecule has 1 spiro atoms. The van der Waals surface area contributed by atoms with Gasteiger partial charge in [0.25, 0.3) is 0 Å². The Morgan fingerprint density at radius 1 is 1.23 bits per heavy atom. The number of amides is 1. The van der Waals surface area contributed by atoms with E-state index in [1.165, 1.54) is 19.4 Å². The zero-order valence-electron chi connectivity index (χ0n) is 15.7. The van der Waals surface area contributed by atoms with Crippen LogP contribution in [0, 0.1) is 5.41 Å². The number of likely N-dealkylation sites (tertiary alicyclic amines) is 2. The Kier molecular flexibility index (Phi) is 5.98. The fraction of sp³-hybridized carbons (Fsp3) is 0.684. The lowest BCUT2D eigenvalue weighted by Gasteiger charge is -2.48. The van der Waals surface area contributed by atoms with Gasteiger partial charge in [0.1, 0.15) is 12.0 Å². The van der Waals surface area contributed by atoms with Gasteiger partial charge in [-0.25, -0.2) is 0 Å². The predicted octanol–water partition coefficient (Wildman–Crippen LogP) is 1.50. The highest BCUT2D eigenvalue weighted by Gasteiger charge is 2.41. The maximum atomic E-state index is 12.2. The molecule has 0 saturated carbocycles. The largest absolute Gasteiger partial charge is 0.490 e. The van der Waals surface area contributed by atoms with Gasteiger partial charge in [-0.2, -0.15) is 0 Å². The van der Waals surface area contributed by atoms with E-state index in [9.17, 15) is 9.59 Å². The molecule has 2 fully saturated rings. The molecule has 0 bridgehead atoms. The quantitative estimate of drug-likeness (QED) is 0.762. The molecule has 1 atom stereocenters. The summed E-state index contributed by atoms with van der Waals surface area (Å²) in [7, 11) is 3.12. The second-order valence-corrected chi connectivity index (χ2v) is 7.40. The number of piperidine rings is 2. The van der Waals surface area contributed by atoms with Crippen LogP contribution in [0.4, 0.5) is 0 Å². The first-order valence-electron chi connectivity index (χ1n) is 9.20. The summed E-state index contributed by atoms with van der Waals surface area (Å²) < 4.78 is 15.7. The summed E-state index contributed by atoms with van der Waals surface area (Å²) in [6, 6.07) is 1.51. The molecule has 3 heterocycles. The van der Waals surface area contributed by atoms with Crippen molar-refractivity contribution in [1.29, 1.82) is 0 Å². The van der Waals surface area contributed by atoms with Crippen LogP contribution in [0.3, 0.4) is 0 Å². The third-order valence-electron chi connectivity index (χ3n) is 5.51. The second-order valence-electron chi connectivity index (χ2n) is 7.40. The molecule has 1 aromatic heterocycles. The van der Waals surface area contributed by atoms with Crippen LogP contribution in [0.5, 0.6) is 5.75 Å². The van der Waals surface area contributed by atoms with E-state index in [0.29, 0.717) is 31.9 Å². The van der Waals surface area contributed by atoms with Crippen molar-refractivity contribution in [3.8, 4) is 5.75 Å². The molecule has 26 heavy (non-hydrogen) atoms. The minimum atomic E-state index is -0.158. The molecular formula is C19H28N2O5. The van der Waals surface area contributed by atoms with Crippen LogP contribution in [0.25, 0.3) is 0 Å². The number of hydrogen-bond acceptors (Lipinski definition) is 6. The zero-order chi connectivity index (χ0) is 18.6. The molecule has 0 unspecified atom stereocenters. The Labute approximate surface area is 153 Å². The number of carbonyl (C=O) groups excluding carboxylic acids is 1. The van der Waals surface area contributed by atoms with Gasteiger partial charge in [-0.1, -0.05) is 0 Å². The van der Waals surface area contributed by atoms with Crippen molar-refractivity contribution in [1.82, 2.24) is 9.80 Å². The van der Waals surface area contributed by atoms with Crippen molar-refractivity contribution in [3.63, 3.8) is 0 Å². The highest BCUT2D eigenvalue weighted by Crippen LogP contribution is 2.39. The number of methoxy groups -OCH3 is 2. The van der Waals surface area contributed by atoms with Gasteiger partial charge in [-0.05, 0) is 25.8 Å². The molecule has 144 valence electrons. The van der Waals surface area contributed by atoms with Crippen molar-refractivity contribution in [2.75, 3.05) is 47.0 Å². The van der Waals surface area contributed by atoms with Crippen LogP contribution in [0.1, 0.15) is 31.4 Å². The lowest BCUT2D eigenvalue weighted by molar-refractivity contribution is -0.140. The lowest BCUT2D eigenvalue weighted by atomic mass is 9.73. The van der Waals surface area contributed by atoms with Crippen LogP contribution in [-0.2, 0) is 16.1 Å². The van der Waals surface area contributed by atoms with Crippen molar-refractivity contribution < 1.29 is 18.7 Å². The van der Waals surface area contributed by atoms with Crippen molar-refractivity contribution in [2.24, 2.45) is 5.41 Å². The Balaban J connectivity index is 1.65. The molecule has 0 N–H and O–H groups in total. The van der Waals surface area contributed by atoms with E-state index in [1.54, 1.807) is 7.11 Å². The maximum Gasteiger partial charge on any atom is 0.227 e. The SMILES string of the molecule is COCCN1C[C@]2(CCCN(Cc3cc(=O)c(OC)co3)C2)CCC1=O. The minimum absolute atomic E-state index is 0.132. The standard InChI is InChI=1S/C19H28N2O5/c1-24-9-8-21-14-19(6-4-18(21)23)5-3-7-20(13-19)11-15-10-16(22)17(25-2)12-26-15/h10,12H,3-9,11,13-14H2,1-2H3/t19-/m1/s1. The third kappa shape index (κ3) is 4.27. The van der Waals surface area contributed by atoms with Gasteiger partial charge >= 0.3 is 0 Å². The first-order chi connectivity index (χ1) is 12.5. The highest BCUT2D eigenvalue weighted by atomic mass is 16.5. The molecule has 3 rings (SSSR count). The number of hydrogen-bond donors (Lipinski definition) is 0. The van der Waals surface area contributed by atoms with Crippen LogP contribution >= 0.6 is 0 Å². The van der Waals surface area contributed by atoms with Gasteiger partial charge in [0.2, 0.25) is 17.1 Å². The first-order valence-corrected chi connectivity index (χ1v) is 9.20. The number of nitrogens with zero attached hydrogens (tertiary/aromatic N) is 2. The van der Waals surface area contributed by atoms with E-state index in [1.807, 2.05) is 4.90 Å². The normalized spacial score (nSPS) is 24.2. The Morgan fingerprint density at radius 3 is 2.81 bits per heavy atom. The predicted molar refractivity (Wildman–Crippen MR) is 96.2 cm³/mol. The summed E-state index contributed by atoms with van der Waals surface area (Å²) in [5, 5.41) is 0. The minimum Gasteiger partial charge on any atom is -0.490 e. The summed E-state index contributed by atoms with van der Waals surface area (Å²) in [5.41, 5.74) is -0.0263. The molecule has 0 radical (unpaired) electrons. The summed E-state index contributed by atoms with van der Waals surface area (Å²) in [5.74, 6) is 1.10. The number of carbonyl (C=O) groups is 1. The maximum absolute atomic E-state index is 12.2. The summed E-state index contributed by atoms with van der Waals surface area (Å²) in [6.45, 7) is 4.52. The molecule has 2 aliphatic heterocycles. The zero-order valence-corrected chi connectivity index (χ0v) is 15.7. The number of ether oxygens (including phenoxy) is 2. The van der Waals surface area contributed by atoms with Crippen LogP contribution in [0.2, 0.25) is 0 Å². The van der Waals surface area contributed by atoms with Gasteiger partial charge in [0, 0.05) is 44.6 Å². The summed E-state index contributed by atoms with van der Waals surface area (Å²) in [6.07, 6.45) is 5.14. The third-order valence-corrected chi connectivity index (χ3v) is 5.51. The van der Waals surface area contributed by atoms with Gasteiger partial charge in [0.05, 0.1) is 20.3 Å². The van der Waals surface area contributed by atoms with Crippen molar-refractivity contribution in [2.45, 2.75) is 32.2 Å². The van der Waals surface area contributed by atoms with Gasteiger partial charge in [-0.15, -0.1) is 0 Å². The number of rotatable bonds is 6. The summed E-state index contributed by atoms with van der Waals surface area (Å²) in [4.78, 5) is 28.4. The molecular weight excluding hydrogens is 336 g/mol. The highest BCUT2D eigenvalue weighted by molar-refractivity contribution is 5.77. The van der Waals surface area contributed by atoms with E-state index < -0.39 is 0 Å². The topological polar surface area (TPSA) is 72.2 Å². The fourth-order valence-electron chi connectivity index (χ4n) is 4.18. The van der Waals surface area contributed by atoms with Crippen molar-refractivity contribution in [3.05, 3.63) is 28.3 Å². The van der Waals surface area contributed by atoms with Crippen LogP contribution in [0.15, 0.2) is 21.5 Å². The van der Waals surface area contributed by atoms with E-state index >= 15 is 0 Å². The Bertz CT molecular complexity index is 689. The van der Waals surface area contributed by atoms with E-state index in [2.05, 4.69) is 4.90 Å². The molecule has 1 aromatic rings. The van der Waals surface area contributed by atoms with Gasteiger partial charge < -0.3 is 18.8 Å². The van der Waals surface area contributed by atoms with E-state index in [-0.39, 0.29) is 22.5 Å². The second kappa shape index (κ2) is 8.22. The molecule has 1 amide bonds. The van der Waals surface area contributed by atoms with Crippen LogP contribution < -0.4 is 10.2 Å². The molecule has 2 saturated heterocycles. The average molecular weight is 364 g/mol. The molecule has 7 nitrogen and oxygen atoms in total. The lowest BCUT2D eigenvalue weighted by Crippen LogP contribution is -2.54. The van der Waals surface area contributed by atoms with Crippen molar-refractivity contribution >= 4 is 5.91 Å². The van der Waals surface area contributed by atoms with E-state index in [0.717, 1.165) is 38.9 Å². The first kappa shape index (κ1) is 18.9. The Morgan fingerprint density at radius 2 is 2.08 bits per heavy atom. The molecule has 0 aromatic carbocycles. The van der Waals surface area contributed by atoms with E-state index in [4.69, 9.17) is 13.9 Å². The monoisotopic (exact) mass is 364 g/mol. The average Bonchev–Trinajstić information content (AvgIpc) is 2.63. The molecule has 2 aliphatic rings. The van der Waals surface area contributed by atoms with Gasteiger partial charge in [0.15, 0.2) is 0 Å². The smallest absolute Gasteiger partial charge is 0.227 e. The molecule has 0 aliphatic carbocycles. The fourth-order valence-corrected chi connectivity index (χ4v) is 4.18. The van der Waals surface area contributed by atoms with Gasteiger partial charge in [-0.3, -0.25) is 14.5 Å². The Hall–Kier alpha value is -1.86. The van der Waals surface area contributed by atoms with Crippen LogP contribution in [-0.4, -0.2) is 62.7 Å².